The summed E-state index contributed by atoms with van der Waals surface area (Å²) in [5.41, 5.74) is 4.20. The highest BCUT2D eigenvalue weighted by molar-refractivity contribution is 5.94. The molecule has 0 radical (unpaired) electrons. The van der Waals surface area contributed by atoms with Gasteiger partial charge in [0.2, 0.25) is 11.8 Å². The molecule has 0 atom stereocenters. The zero-order valence-corrected chi connectivity index (χ0v) is 18.6. The van der Waals surface area contributed by atoms with Crippen molar-refractivity contribution >= 4 is 23.7 Å². The molecule has 0 saturated carbocycles. The first kappa shape index (κ1) is 21.2. The molecule has 2 aliphatic rings. The highest BCUT2D eigenvalue weighted by Crippen LogP contribution is 2.32. The van der Waals surface area contributed by atoms with Gasteiger partial charge in [0.25, 0.3) is 0 Å². The topological polar surface area (TPSA) is 67.2 Å². The van der Waals surface area contributed by atoms with E-state index in [0.717, 1.165) is 47.6 Å². The molecule has 0 bridgehead atoms. The highest BCUT2D eigenvalue weighted by Gasteiger charge is 2.30. The fourth-order valence-corrected chi connectivity index (χ4v) is 4.69. The number of para-hydroxylation sites is 1. The molecule has 5 rings (SSSR count). The van der Waals surface area contributed by atoms with Gasteiger partial charge in [-0.25, -0.2) is 4.68 Å². The Morgan fingerprint density at radius 1 is 0.939 bits per heavy atom. The van der Waals surface area contributed by atoms with Gasteiger partial charge in [-0.2, -0.15) is 5.10 Å². The minimum absolute atomic E-state index is 0.00214. The Morgan fingerprint density at radius 3 is 2.36 bits per heavy atom. The van der Waals surface area contributed by atoms with Crippen molar-refractivity contribution in [1.82, 2.24) is 14.7 Å². The minimum Gasteiger partial charge on any atom is -0.339 e. The third-order valence-corrected chi connectivity index (χ3v) is 6.54. The number of aromatic nitrogens is 2. The molecule has 33 heavy (non-hydrogen) atoms. The summed E-state index contributed by atoms with van der Waals surface area (Å²) in [5.74, 6) is 0.720. The first-order valence-electron chi connectivity index (χ1n) is 11.7. The molecular formula is C27H28N4O2. The second kappa shape index (κ2) is 9.45. The molecule has 6 nitrogen and oxygen atoms in total. The smallest absolute Gasteiger partial charge is 0.246 e. The molecule has 2 heterocycles. The predicted octanol–water partition coefficient (Wildman–Crippen LogP) is 4.25. The Morgan fingerprint density at radius 2 is 1.64 bits per heavy atom. The van der Waals surface area contributed by atoms with E-state index in [1.165, 1.54) is 0 Å². The monoisotopic (exact) mass is 440 g/mol. The number of carbonyl (C=O) groups is 2. The van der Waals surface area contributed by atoms with Gasteiger partial charge in [0.05, 0.1) is 11.4 Å². The number of anilines is 1. The van der Waals surface area contributed by atoms with E-state index in [1.807, 2.05) is 76.3 Å². The summed E-state index contributed by atoms with van der Waals surface area (Å²) in [6.45, 7) is 1.18. The van der Waals surface area contributed by atoms with E-state index in [1.54, 1.807) is 6.08 Å². The highest BCUT2D eigenvalue weighted by atomic mass is 16.2. The molecule has 1 N–H and O–H groups in total. The summed E-state index contributed by atoms with van der Waals surface area (Å²) >= 11 is 0. The summed E-state index contributed by atoms with van der Waals surface area (Å²) in [7, 11) is 0. The van der Waals surface area contributed by atoms with Gasteiger partial charge in [-0.05, 0) is 55.9 Å². The number of piperidine rings is 1. The van der Waals surface area contributed by atoms with Crippen LogP contribution >= 0.6 is 0 Å². The molecule has 0 spiro atoms. The van der Waals surface area contributed by atoms with Crippen molar-refractivity contribution in [2.45, 2.75) is 32.1 Å². The average molecular weight is 441 g/mol. The lowest BCUT2D eigenvalue weighted by atomic mass is 9.95. The lowest BCUT2D eigenvalue weighted by Crippen LogP contribution is -2.41. The van der Waals surface area contributed by atoms with Gasteiger partial charge < -0.3 is 10.2 Å². The van der Waals surface area contributed by atoms with E-state index >= 15 is 0 Å². The quantitative estimate of drug-likeness (QED) is 0.603. The number of fused-ring (bicyclic) bond motifs is 1. The first-order valence-corrected chi connectivity index (χ1v) is 11.7. The molecule has 6 heteroatoms. The van der Waals surface area contributed by atoms with Crippen LogP contribution in [0.2, 0.25) is 0 Å². The van der Waals surface area contributed by atoms with Crippen LogP contribution < -0.4 is 5.32 Å². The second-order valence-electron chi connectivity index (χ2n) is 8.71. The van der Waals surface area contributed by atoms with Crippen molar-refractivity contribution in [3.63, 3.8) is 0 Å². The lowest BCUT2D eigenvalue weighted by molar-refractivity contribution is -0.130. The SMILES string of the molecule is O=C(Nc1c2c(nn1-c1ccccc1)CCC2)C1CCN(C(=O)/C=C/c2ccccc2)CC1. The molecular weight excluding hydrogens is 412 g/mol. The Bertz CT molecular complexity index is 1160. The first-order chi connectivity index (χ1) is 16.2. The van der Waals surface area contributed by atoms with Crippen molar-refractivity contribution in [3.8, 4) is 5.69 Å². The Balaban J connectivity index is 1.23. The van der Waals surface area contributed by atoms with Crippen molar-refractivity contribution in [2.24, 2.45) is 5.92 Å². The molecule has 1 aromatic heterocycles. The molecule has 2 aromatic carbocycles. The number of amides is 2. The molecule has 0 unspecified atom stereocenters. The van der Waals surface area contributed by atoms with Gasteiger partial charge in [-0.1, -0.05) is 48.5 Å². The number of hydrogen-bond donors (Lipinski definition) is 1. The van der Waals surface area contributed by atoms with Crippen LogP contribution in [-0.4, -0.2) is 39.6 Å². The fraction of sp³-hybridized carbons (Fsp3) is 0.296. The van der Waals surface area contributed by atoms with Crippen LogP contribution in [0, 0.1) is 5.92 Å². The standard InChI is InChI=1S/C27H28N4O2/c32-25(15-14-20-8-3-1-4-9-20)30-18-16-21(17-19-30)27(33)28-26-23-12-7-13-24(23)29-31(26)22-10-5-2-6-11-22/h1-6,8-11,14-15,21H,7,12-13,16-19H2,(H,28,33)/b15-14+. The van der Waals surface area contributed by atoms with Gasteiger partial charge in [0.1, 0.15) is 5.82 Å². The van der Waals surface area contributed by atoms with Crippen molar-refractivity contribution < 1.29 is 9.59 Å². The van der Waals surface area contributed by atoms with Crippen LogP contribution in [0.4, 0.5) is 5.82 Å². The number of rotatable bonds is 5. The van der Waals surface area contributed by atoms with Crippen LogP contribution in [0.5, 0.6) is 0 Å². The van der Waals surface area contributed by atoms with Gasteiger partial charge in [-0.3, -0.25) is 9.59 Å². The predicted molar refractivity (Wildman–Crippen MR) is 129 cm³/mol. The van der Waals surface area contributed by atoms with Crippen molar-refractivity contribution in [3.05, 3.63) is 83.6 Å². The van der Waals surface area contributed by atoms with Gasteiger partial charge >= 0.3 is 0 Å². The zero-order valence-electron chi connectivity index (χ0n) is 18.6. The second-order valence-corrected chi connectivity index (χ2v) is 8.71. The van der Waals surface area contributed by atoms with E-state index < -0.39 is 0 Å². The van der Waals surface area contributed by atoms with E-state index in [0.29, 0.717) is 25.9 Å². The third kappa shape index (κ3) is 4.60. The Hall–Kier alpha value is -3.67. The van der Waals surface area contributed by atoms with Gasteiger partial charge in [0.15, 0.2) is 0 Å². The number of nitrogens with zero attached hydrogens (tertiary/aromatic N) is 3. The minimum atomic E-state index is -0.108. The van der Waals surface area contributed by atoms with E-state index in [2.05, 4.69) is 5.32 Å². The molecule has 3 aromatic rings. The maximum atomic E-state index is 13.2. The maximum Gasteiger partial charge on any atom is 0.246 e. The molecule has 1 aliphatic heterocycles. The summed E-state index contributed by atoms with van der Waals surface area (Å²) in [6, 6.07) is 19.7. The molecule has 1 fully saturated rings. The lowest BCUT2D eigenvalue weighted by Gasteiger charge is -2.30. The van der Waals surface area contributed by atoms with Crippen LogP contribution in [0.15, 0.2) is 66.7 Å². The third-order valence-electron chi connectivity index (χ3n) is 6.54. The Labute approximate surface area is 193 Å². The summed E-state index contributed by atoms with van der Waals surface area (Å²) in [6.07, 6.45) is 7.77. The molecule has 1 saturated heterocycles. The maximum absolute atomic E-state index is 13.2. The van der Waals surface area contributed by atoms with E-state index in [9.17, 15) is 9.59 Å². The fourth-order valence-electron chi connectivity index (χ4n) is 4.69. The zero-order chi connectivity index (χ0) is 22.6. The number of nitrogens with one attached hydrogen (secondary N) is 1. The number of benzene rings is 2. The normalized spacial score (nSPS) is 16.2. The molecule has 2 amide bonds. The van der Waals surface area contributed by atoms with E-state index in [4.69, 9.17) is 5.10 Å². The molecule has 168 valence electrons. The number of hydrogen-bond acceptors (Lipinski definition) is 3. The summed E-state index contributed by atoms with van der Waals surface area (Å²) in [4.78, 5) is 27.6. The van der Waals surface area contributed by atoms with Crippen molar-refractivity contribution in [1.29, 1.82) is 0 Å². The number of carbonyl (C=O) groups excluding carboxylic acids is 2. The van der Waals surface area contributed by atoms with E-state index in [-0.39, 0.29) is 17.7 Å². The van der Waals surface area contributed by atoms with Crippen molar-refractivity contribution in [2.75, 3.05) is 18.4 Å². The van der Waals surface area contributed by atoms with Crippen LogP contribution in [0.1, 0.15) is 36.1 Å². The summed E-state index contributed by atoms with van der Waals surface area (Å²) < 4.78 is 1.87. The average Bonchev–Trinajstić information content (AvgIpc) is 3.46. The van der Waals surface area contributed by atoms with Gasteiger partial charge in [0, 0.05) is 30.6 Å². The number of aryl methyl sites for hydroxylation is 1. The Kier molecular flexibility index (Phi) is 6.07. The van der Waals surface area contributed by atoms with Gasteiger partial charge in [-0.15, -0.1) is 0 Å². The molecule has 1 aliphatic carbocycles. The number of likely N-dealkylation sites (tertiary alicyclic amines) is 1. The largest absolute Gasteiger partial charge is 0.339 e. The van der Waals surface area contributed by atoms with Crippen LogP contribution in [-0.2, 0) is 22.4 Å². The van der Waals surface area contributed by atoms with Crippen LogP contribution in [0.3, 0.4) is 0 Å². The summed E-state index contributed by atoms with van der Waals surface area (Å²) in [5, 5.41) is 7.98. The van der Waals surface area contributed by atoms with Crippen LogP contribution in [0.25, 0.3) is 11.8 Å².